The molecule has 0 saturated heterocycles. The van der Waals surface area contributed by atoms with Gasteiger partial charge in [-0.15, -0.1) is 11.3 Å². The minimum atomic E-state index is 0.686. The lowest BCUT2D eigenvalue weighted by molar-refractivity contribution is 0.646. The molecule has 1 nitrogen and oxygen atoms in total. The Labute approximate surface area is 94.8 Å². The Kier molecular flexibility index (Phi) is 3.17. The van der Waals surface area contributed by atoms with Crippen LogP contribution in [0.5, 0.6) is 0 Å². The molecule has 0 bridgehead atoms. The maximum atomic E-state index is 4.30. The standard InChI is InChI=1S/C13H15NS/c1-10(2)6-11-7-12(9-14-8-11)13-4-3-5-15-13/h3-5,7-10H,6H2,1-2H3. The monoisotopic (exact) mass is 217 g/mol. The van der Waals surface area contributed by atoms with Crippen LogP contribution in [0.4, 0.5) is 0 Å². The highest BCUT2D eigenvalue weighted by atomic mass is 32.1. The Bertz CT molecular complexity index is 418. The Balaban J connectivity index is 2.27. The summed E-state index contributed by atoms with van der Waals surface area (Å²) in [6, 6.07) is 6.47. The molecule has 0 aliphatic carbocycles. The third-order valence-electron chi connectivity index (χ3n) is 2.24. The van der Waals surface area contributed by atoms with E-state index < -0.39 is 0 Å². The van der Waals surface area contributed by atoms with E-state index in [2.05, 4.69) is 42.4 Å². The van der Waals surface area contributed by atoms with Gasteiger partial charge in [-0.2, -0.15) is 0 Å². The summed E-state index contributed by atoms with van der Waals surface area (Å²) in [5.41, 5.74) is 2.57. The maximum absolute atomic E-state index is 4.30. The van der Waals surface area contributed by atoms with Gasteiger partial charge >= 0.3 is 0 Å². The van der Waals surface area contributed by atoms with Crippen LogP contribution in [0.3, 0.4) is 0 Å². The van der Waals surface area contributed by atoms with Crippen molar-refractivity contribution >= 4 is 11.3 Å². The SMILES string of the molecule is CC(C)Cc1cncc(-c2cccs2)c1. The summed E-state index contributed by atoms with van der Waals surface area (Å²) in [7, 11) is 0. The third-order valence-corrected chi connectivity index (χ3v) is 3.16. The minimum absolute atomic E-state index is 0.686. The van der Waals surface area contributed by atoms with E-state index in [1.165, 1.54) is 16.0 Å². The lowest BCUT2D eigenvalue weighted by Crippen LogP contribution is -1.94. The van der Waals surface area contributed by atoms with Gasteiger partial charge in [-0.3, -0.25) is 4.98 Å². The summed E-state index contributed by atoms with van der Waals surface area (Å²) in [6.45, 7) is 4.47. The van der Waals surface area contributed by atoms with Crippen molar-refractivity contribution in [3.05, 3.63) is 41.5 Å². The first-order valence-electron chi connectivity index (χ1n) is 5.23. The van der Waals surface area contributed by atoms with E-state index in [9.17, 15) is 0 Å². The zero-order valence-corrected chi connectivity index (χ0v) is 9.92. The molecule has 0 atom stereocenters. The minimum Gasteiger partial charge on any atom is -0.264 e. The van der Waals surface area contributed by atoms with Gasteiger partial charge in [-0.25, -0.2) is 0 Å². The van der Waals surface area contributed by atoms with Crippen LogP contribution in [0.15, 0.2) is 36.0 Å². The topological polar surface area (TPSA) is 12.9 Å². The molecular formula is C13H15NS. The van der Waals surface area contributed by atoms with E-state index in [1.807, 2.05) is 12.4 Å². The molecule has 2 aromatic rings. The molecule has 0 saturated carbocycles. The van der Waals surface area contributed by atoms with Crippen LogP contribution in [-0.4, -0.2) is 4.98 Å². The smallest absolute Gasteiger partial charge is 0.0358 e. The van der Waals surface area contributed by atoms with Crippen molar-refractivity contribution in [2.24, 2.45) is 5.92 Å². The lowest BCUT2D eigenvalue weighted by Gasteiger charge is -2.05. The van der Waals surface area contributed by atoms with Crippen molar-refractivity contribution in [2.45, 2.75) is 20.3 Å². The van der Waals surface area contributed by atoms with E-state index in [-0.39, 0.29) is 0 Å². The first kappa shape index (κ1) is 10.4. The zero-order valence-electron chi connectivity index (χ0n) is 9.10. The Morgan fingerprint density at radius 2 is 2.20 bits per heavy atom. The van der Waals surface area contributed by atoms with Gasteiger partial charge in [0.05, 0.1) is 0 Å². The van der Waals surface area contributed by atoms with E-state index >= 15 is 0 Å². The zero-order chi connectivity index (χ0) is 10.7. The molecule has 2 rings (SSSR count). The van der Waals surface area contributed by atoms with E-state index in [1.54, 1.807) is 11.3 Å². The normalized spacial score (nSPS) is 10.9. The molecular weight excluding hydrogens is 202 g/mol. The highest BCUT2D eigenvalue weighted by molar-refractivity contribution is 7.13. The summed E-state index contributed by atoms with van der Waals surface area (Å²) in [5.74, 6) is 0.686. The Morgan fingerprint density at radius 3 is 2.87 bits per heavy atom. The molecule has 78 valence electrons. The average Bonchev–Trinajstić information content (AvgIpc) is 2.69. The molecule has 0 aliphatic rings. The molecule has 2 heterocycles. The fourth-order valence-electron chi connectivity index (χ4n) is 1.65. The first-order chi connectivity index (χ1) is 7.25. The fourth-order valence-corrected chi connectivity index (χ4v) is 2.36. The lowest BCUT2D eigenvalue weighted by atomic mass is 10.0. The van der Waals surface area contributed by atoms with Crippen molar-refractivity contribution in [3.8, 4) is 10.4 Å². The molecule has 0 N–H and O–H groups in total. The molecule has 0 radical (unpaired) electrons. The van der Waals surface area contributed by atoms with E-state index in [0.29, 0.717) is 5.92 Å². The number of hydrogen-bond donors (Lipinski definition) is 0. The highest BCUT2D eigenvalue weighted by Crippen LogP contribution is 2.24. The van der Waals surface area contributed by atoms with Crippen molar-refractivity contribution in [2.75, 3.05) is 0 Å². The number of pyridine rings is 1. The van der Waals surface area contributed by atoms with Crippen molar-refractivity contribution < 1.29 is 0 Å². The molecule has 0 aliphatic heterocycles. The predicted octanol–water partition coefficient (Wildman–Crippen LogP) is 4.01. The van der Waals surface area contributed by atoms with Crippen LogP contribution in [0, 0.1) is 5.92 Å². The van der Waals surface area contributed by atoms with Gasteiger partial charge in [0.15, 0.2) is 0 Å². The second-order valence-corrected chi connectivity index (χ2v) is 5.10. The average molecular weight is 217 g/mol. The summed E-state index contributed by atoms with van der Waals surface area (Å²) in [4.78, 5) is 5.60. The molecule has 2 aromatic heterocycles. The largest absolute Gasteiger partial charge is 0.264 e. The van der Waals surface area contributed by atoms with Gasteiger partial charge in [-0.1, -0.05) is 19.9 Å². The number of nitrogens with zero attached hydrogens (tertiary/aromatic N) is 1. The number of rotatable bonds is 3. The molecule has 0 aromatic carbocycles. The summed E-state index contributed by atoms with van der Waals surface area (Å²) < 4.78 is 0. The van der Waals surface area contributed by atoms with Crippen LogP contribution >= 0.6 is 11.3 Å². The van der Waals surface area contributed by atoms with Crippen LogP contribution in [0.1, 0.15) is 19.4 Å². The van der Waals surface area contributed by atoms with E-state index in [4.69, 9.17) is 0 Å². The second-order valence-electron chi connectivity index (χ2n) is 4.16. The second kappa shape index (κ2) is 4.58. The summed E-state index contributed by atoms with van der Waals surface area (Å²) in [5, 5.41) is 2.10. The Hall–Kier alpha value is -1.15. The molecule has 0 unspecified atom stereocenters. The van der Waals surface area contributed by atoms with Crippen LogP contribution in [0.25, 0.3) is 10.4 Å². The molecule has 2 heteroatoms. The quantitative estimate of drug-likeness (QED) is 0.757. The summed E-state index contributed by atoms with van der Waals surface area (Å²) in [6.07, 6.45) is 5.01. The van der Waals surface area contributed by atoms with Gasteiger partial charge in [0.2, 0.25) is 0 Å². The number of thiophene rings is 1. The van der Waals surface area contributed by atoms with E-state index in [0.717, 1.165) is 6.42 Å². The van der Waals surface area contributed by atoms with Crippen LogP contribution < -0.4 is 0 Å². The molecule has 15 heavy (non-hydrogen) atoms. The Morgan fingerprint density at radius 1 is 1.33 bits per heavy atom. The predicted molar refractivity (Wildman–Crippen MR) is 66.1 cm³/mol. The van der Waals surface area contributed by atoms with Crippen LogP contribution in [0.2, 0.25) is 0 Å². The van der Waals surface area contributed by atoms with Crippen LogP contribution in [-0.2, 0) is 6.42 Å². The van der Waals surface area contributed by atoms with Gasteiger partial charge in [0.25, 0.3) is 0 Å². The maximum Gasteiger partial charge on any atom is 0.0358 e. The molecule has 0 spiro atoms. The number of hydrogen-bond acceptors (Lipinski definition) is 2. The molecule has 0 fully saturated rings. The van der Waals surface area contributed by atoms with Crippen molar-refractivity contribution in [1.82, 2.24) is 4.98 Å². The molecule has 0 amide bonds. The highest BCUT2D eigenvalue weighted by Gasteiger charge is 2.02. The van der Waals surface area contributed by atoms with Gasteiger partial charge < -0.3 is 0 Å². The third kappa shape index (κ3) is 2.66. The van der Waals surface area contributed by atoms with Gasteiger partial charge in [0, 0.05) is 22.8 Å². The van der Waals surface area contributed by atoms with Gasteiger partial charge in [0.1, 0.15) is 0 Å². The van der Waals surface area contributed by atoms with Crippen molar-refractivity contribution in [1.29, 1.82) is 0 Å². The fraction of sp³-hybridized carbons (Fsp3) is 0.308. The van der Waals surface area contributed by atoms with Crippen molar-refractivity contribution in [3.63, 3.8) is 0 Å². The summed E-state index contributed by atoms with van der Waals surface area (Å²) >= 11 is 1.76. The van der Waals surface area contributed by atoms with Gasteiger partial charge in [-0.05, 0) is 35.4 Å². The first-order valence-corrected chi connectivity index (χ1v) is 6.11. The number of aromatic nitrogens is 1.